The Labute approximate surface area is 89.8 Å². The van der Waals surface area contributed by atoms with E-state index in [2.05, 4.69) is 15.9 Å². The number of nitrogens with zero attached hydrogens (tertiary/aromatic N) is 1. The predicted octanol–water partition coefficient (Wildman–Crippen LogP) is 2.33. The lowest BCUT2D eigenvalue weighted by atomic mass is 10.1. The summed E-state index contributed by atoms with van der Waals surface area (Å²) in [6.45, 7) is 1.67. The van der Waals surface area contributed by atoms with Crippen molar-refractivity contribution in [3.8, 4) is 0 Å². The van der Waals surface area contributed by atoms with Crippen LogP contribution in [-0.4, -0.2) is 15.4 Å². The van der Waals surface area contributed by atoms with Gasteiger partial charge in [0.15, 0.2) is 0 Å². The molecular weight excluding hydrogens is 250 g/mol. The topological polar surface area (TPSA) is 63.4 Å². The molecule has 0 heterocycles. The maximum absolute atomic E-state index is 10.6. The Bertz CT molecular complexity index is 354. The van der Waals surface area contributed by atoms with E-state index in [-0.39, 0.29) is 5.69 Å². The molecule has 14 heavy (non-hydrogen) atoms. The van der Waals surface area contributed by atoms with E-state index in [9.17, 15) is 15.2 Å². The van der Waals surface area contributed by atoms with Gasteiger partial charge in [0, 0.05) is 17.0 Å². The van der Waals surface area contributed by atoms with Gasteiger partial charge in [-0.15, -0.1) is 0 Å². The first kappa shape index (κ1) is 11.1. The van der Waals surface area contributed by atoms with Crippen molar-refractivity contribution in [1.29, 1.82) is 0 Å². The number of nitro benzene ring substituents is 1. The van der Waals surface area contributed by atoms with Crippen LogP contribution >= 0.6 is 15.9 Å². The van der Waals surface area contributed by atoms with Crippen molar-refractivity contribution in [2.24, 2.45) is 0 Å². The fourth-order valence-electron chi connectivity index (χ4n) is 1.12. The summed E-state index contributed by atoms with van der Waals surface area (Å²) in [6, 6.07) is 4.73. The summed E-state index contributed by atoms with van der Waals surface area (Å²) in [7, 11) is 0. The number of aliphatic hydroxyl groups excluding tert-OH is 1. The molecule has 1 atom stereocenters. The molecule has 0 aliphatic carbocycles. The third-order valence-corrected chi connectivity index (χ3v) is 2.57. The van der Waals surface area contributed by atoms with Gasteiger partial charge in [0.2, 0.25) is 0 Å². The summed E-state index contributed by atoms with van der Waals surface area (Å²) >= 11 is 3.11. The van der Waals surface area contributed by atoms with E-state index < -0.39 is 11.0 Å². The molecule has 1 N–H and O–H groups in total. The zero-order valence-corrected chi connectivity index (χ0v) is 9.19. The number of hydrogen-bond donors (Lipinski definition) is 1. The van der Waals surface area contributed by atoms with Gasteiger partial charge < -0.3 is 5.11 Å². The first-order valence-corrected chi connectivity index (χ1v) is 5.17. The number of hydrogen-bond acceptors (Lipinski definition) is 3. The van der Waals surface area contributed by atoms with Crippen molar-refractivity contribution < 1.29 is 10.0 Å². The molecule has 0 unspecified atom stereocenters. The van der Waals surface area contributed by atoms with Gasteiger partial charge in [0.05, 0.1) is 11.0 Å². The second-order valence-corrected chi connectivity index (χ2v) is 3.62. The normalized spacial score (nSPS) is 12.5. The van der Waals surface area contributed by atoms with Gasteiger partial charge in [-0.05, 0) is 12.5 Å². The van der Waals surface area contributed by atoms with Gasteiger partial charge in [-0.3, -0.25) is 10.1 Å². The van der Waals surface area contributed by atoms with Crippen LogP contribution in [-0.2, 0) is 0 Å². The molecule has 4 nitrogen and oxygen atoms in total. The minimum absolute atomic E-state index is 0.0440. The molecule has 0 spiro atoms. The molecule has 1 aromatic carbocycles. The summed E-state index contributed by atoms with van der Waals surface area (Å²) in [5, 5.41) is 20.4. The van der Waals surface area contributed by atoms with Gasteiger partial charge in [0.1, 0.15) is 0 Å². The Morgan fingerprint density at radius 2 is 2.29 bits per heavy atom. The molecule has 0 saturated carbocycles. The maximum Gasteiger partial charge on any atom is 0.272 e. The first-order valence-electron chi connectivity index (χ1n) is 4.05. The maximum atomic E-state index is 10.6. The molecule has 1 aromatic rings. The molecule has 0 radical (unpaired) electrons. The van der Waals surface area contributed by atoms with E-state index in [1.807, 2.05) is 0 Å². The van der Waals surface area contributed by atoms with E-state index >= 15 is 0 Å². The van der Waals surface area contributed by atoms with Crippen molar-refractivity contribution in [1.82, 2.24) is 0 Å². The molecule has 0 fully saturated rings. The van der Waals surface area contributed by atoms with Crippen molar-refractivity contribution in [3.05, 3.63) is 39.4 Å². The molecule has 0 saturated heterocycles. The van der Waals surface area contributed by atoms with E-state index in [1.165, 1.54) is 6.07 Å². The third kappa shape index (κ3) is 2.30. The third-order valence-electron chi connectivity index (χ3n) is 1.96. The number of benzene rings is 1. The molecule has 0 aromatic heterocycles. The van der Waals surface area contributed by atoms with Crippen LogP contribution in [0.1, 0.15) is 17.2 Å². The first-order chi connectivity index (χ1) is 6.56. The SMILES string of the molecule is Cc1ccc([C@H](O)CBr)cc1[N+](=O)[O-]. The Balaban J connectivity index is 3.12. The summed E-state index contributed by atoms with van der Waals surface area (Å²) < 4.78 is 0. The molecule has 5 heteroatoms. The largest absolute Gasteiger partial charge is 0.388 e. The van der Waals surface area contributed by atoms with Crippen LogP contribution in [0, 0.1) is 17.0 Å². The predicted molar refractivity (Wildman–Crippen MR) is 56.6 cm³/mol. The summed E-state index contributed by atoms with van der Waals surface area (Å²) in [5.41, 5.74) is 1.20. The lowest BCUT2D eigenvalue weighted by Crippen LogP contribution is -2.00. The van der Waals surface area contributed by atoms with Crippen LogP contribution in [0.2, 0.25) is 0 Å². The van der Waals surface area contributed by atoms with Crippen LogP contribution in [0.4, 0.5) is 5.69 Å². The second kappa shape index (κ2) is 4.52. The Kier molecular flexibility index (Phi) is 3.60. The van der Waals surface area contributed by atoms with Crippen molar-refractivity contribution in [3.63, 3.8) is 0 Å². The van der Waals surface area contributed by atoms with E-state index in [4.69, 9.17) is 0 Å². The molecule has 0 amide bonds. The summed E-state index contributed by atoms with van der Waals surface area (Å²) in [5.74, 6) is 0. The standard InChI is InChI=1S/C9H10BrNO3/c1-6-2-3-7(9(12)5-10)4-8(6)11(13)14/h2-4,9,12H,5H2,1H3/t9-/m1/s1. The second-order valence-electron chi connectivity index (χ2n) is 2.97. The lowest BCUT2D eigenvalue weighted by molar-refractivity contribution is -0.385. The van der Waals surface area contributed by atoms with Crippen molar-refractivity contribution in [2.75, 3.05) is 5.33 Å². The Hall–Kier alpha value is -0.940. The molecular formula is C9H10BrNO3. The minimum Gasteiger partial charge on any atom is -0.388 e. The summed E-state index contributed by atoms with van der Waals surface area (Å²) in [4.78, 5) is 10.2. The van der Waals surface area contributed by atoms with Crippen LogP contribution in [0.5, 0.6) is 0 Å². The van der Waals surface area contributed by atoms with Gasteiger partial charge >= 0.3 is 0 Å². The zero-order valence-electron chi connectivity index (χ0n) is 7.61. The van der Waals surface area contributed by atoms with Gasteiger partial charge in [0.25, 0.3) is 5.69 Å². The number of alkyl halides is 1. The fourth-order valence-corrected chi connectivity index (χ4v) is 1.49. The quantitative estimate of drug-likeness (QED) is 0.515. The average Bonchev–Trinajstić information content (AvgIpc) is 2.17. The number of nitro groups is 1. The minimum atomic E-state index is -0.700. The number of halogens is 1. The highest BCUT2D eigenvalue weighted by Crippen LogP contribution is 2.23. The zero-order chi connectivity index (χ0) is 10.7. The fraction of sp³-hybridized carbons (Fsp3) is 0.333. The monoisotopic (exact) mass is 259 g/mol. The van der Waals surface area contributed by atoms with Crippen LogP contribution in [0.25, 0.3) is 0 Å². The Morgan fingerprint density at radius 1 is 1.64 bits per heavy atom. The van der Waals surface area contributed by atoms with Crippen molar-refractivity contribution >= 4 is 21.6 Å². The Morgan fingerprint density at radius 3 is 2.79 bits per heavy atom. The lowest BCUT2D eigenvalue weighted by Gasteiger charge is -2.07. The number of rotatable bonds is 3. The van der Waals surface area contributed by atoms with Gasteiger partial charge in [-0.2, -0.15) is 0 Å². The molecule has 1 rings (SSSR count). The molecule has 0 aliphatic rings. The van der Waals surface area contributed by atoms with E-state index in [0.717, 1.165) is 0 Å². The highest BCUT2D eigenvalue weighted by molar-refractivity contribution is 9.09. The van der Waals surface area contributed by atoms with Crippen LogP contribution in [0.3, 0.4) is 0 Å². The van der Waals surface area contributed by atoms with Crippen LogP contribution < -0.4 is 0 Å². The molecule has 0 aliphatic heterocycles. The number of aliphatic hydroxyl groups is 1. The summed E-state index contributed by atoms with van der Waals surface area (Å²) in [6.07, 6.45) is -0.700. The van der Waals surface area contributed by atoms with E-state index in [0.29, 0.717) is 16.5 Å². The molecule has 76 valence electrons. The highest BCUT2D eigenvalue weighted by atomic mass is 79.9. The average molecular weight is 260 g/mol. The number of aryl methyl sites for hydroxylation is 1. The van der Waals surface area contributed by atoms with E-state index in [1.54, 1.807) is 19.1 Å². The van der Waals surface area contributed by atoms with Crippen LogP contribution in [0.15, 0.2) is 18.2 Å². The van der Waals surface area contributed by atoms with Gasteiger partial charge in [-0.25, -0.2) is 0 Å². The molecule has 0 bridgehead atoms. The van der Waals surface area contributed by atoms with Gasteiger partial charge in [-0.1, -0.05) is 28.1 Å². The van der Waals surface area contributed by atoms with Crippen molar-refractivity contribution in [2.45, 2.75) is 13.0 Å². The highest BCUT2D eigenvalue weighted by Gasteiger charge is 2.14. The smallest absolute Gasteiger partial charge is 0.272 e.